The van der Waals surface area contributed by atoms with Gasteiger partial charge in [0.15, 0.2) is 6.10 Å². The van der Waals surface area contributed by atoms with Crippen LogP contribution in [0.5, 0.6) is 0 Å². The zero-order chi connectivity index (χ0) is 17.0. The zero-order valence-corrected chi connectivity index (χ0v) is 13.3. The van der Waals surface area contributed by atoms with Gasteiger partial charge in [0.05, 0.1) is 17.2 Å². The maximum Gasteiger partial charge on any atom is 0.338 e. The van der Waals surface area contributed by atoms with Gasteiger partial charge >= 0.3 is 5.97 Å². The summed E-state index contributed by atoms with van der Waals surface area (Å²) in [6.07, 6.45) is -0.875. The van der Waals surface area contributed by atoms with E-state index in [4.69, 9.17) is 10.00 Å². The Bertz CT molecular complexity index is 785. The summed E-state index contributed by atoms with van der Waals surface area (Å²) < 4.78 is 5.22. The van der Waals surface area contributed by atoms with Crippen LogP contribution in [0.4, 0.5) is 0 Å². The van der Waals surface area contributed by atoms with Crippen LogP contribution in [-0.4, -0.2) is 17.9 Å². The van der Waals surface area contributed by atoms with Crippen molar-refractivity contribution in [2.45, 2.75) is 26.9 Å². The van der Waals surface area contributed by atoms with Gasteiger partial charge < -0.3 is 4.74 Å². The number of benzene rings is 2. The predicted molar refractivity (Wildman–Crippen MR) is 86.3 cm³/mol. The molecule has 2 rings (SSSR count). The minimum Gasteiger partial charge on any atom is -0.451 e. The van der Waals surface area contributed by atoms with Crippen molar-refractivity contribution in [3.63, 3.8) is 0 Å². The van der Waals surface area contributed by atoms with E-state index in [0.717, 1.165) is 11.1 Å². The number of ketones is 1. The van der Waals surface area contributed by atoms with Crippen LogP contribution < -0.4 is 0 Å². The molecule has 0 radical (unpaired) electrons. The van der Waals surface area contributed by atoms with Crippen molar-refractivity contribution in [3.05, 3.63) is 70.3 Å². The first-order valence-corrected chi connectivity index (χ1v) is 7.25. The van der Waals surface area contributed by atoms with Gasteiger partial charge in [0.2, 0.25) is 5.78 Å². The van der Waals surface area contributed by atoms with Crippen molar-refractivity contribution in [2.75, 3.05) is 0 Å². The van der Waals surface area contributed by atoms with Gasteiger partial charge in [-0.25, -0.2) is 4.79 Å². The summed E-state index contributed by atoms with van der Waals surface area (Å²) in [6.45, 7) is 5.45. The fourth-order valence-electron chi connectivity index (χ4n) is 2.09. The summed E-state index contributed by atoms with van der Waals surface area (Å²) in [4.78, 5) is 24.4. The largest absolute Gasteiger partial charge is 0.451 e. The van der Waals surface area contributed by atoms with Crippen LogP contribution in [0.1, 0.15) is 44.3 Å². The van der Waals surface area contributed by atoms with E-state index in [1.165, 1.54) is 24.3 Å². The van der Waals surface area contributed by atoms with Crippen molar-refractivity contribution >= 4 is 11.8 Å². The van der Waals surface area contributed by atoms with Gasteiger partial charge in [0, 0.05) is 5.56 Å². The van der Waals surface area contributed by atoms with Crippen LogP contribution in [0.15, 0.2) is 42.5 Å². The third-order valence-corrected chi connectivity index (χ3v) is 3.69. The molecule has 0 fully saturated rings. The van der Waals surface area contributed by atoms with E-state index in [2.05, 4.69) is 0 Å². The molecule has 4 heteroatoms. The summed E-state index contributed by atoms with van der Waals surface area (Å²) >= 11 is 0. The van der Waals surface area contributed by atoms with E-state index in [1.807, 2.05) is 26.0 Å². The van der Waals surface area contributed by atoms with E-state index in [1.54, 1.807) is 19.1 Å². The van der Waals surface area contributed by atoms with Gasteiger partial charge in [-0.3, -0.25) is 4.79 Å². The number of Topliss-reactive ketones (excluding diaryl/α,β-unsaturated/α-hetero) is 1. The Kier molecular flexibility index (Phi) is 4.92. The van der Waals surface area contributed by atoms with E-state index in [-0.39, 0.29) is 5.78 Å². The van der Waals surface area contributed by atoms with Gasteiger partial charge in [-0.15, -0.1) is 0 Å². The molecule has 116 valence electrons. The number of nitriles is 1. The number of carbonyl (C=O) groups is 2. The Morgan fingerprint density at radius 2 is 1.61 bits per heavy atom. The summed E-state index contributed by atoms with van der Waals surface area (Å²) in [5.41, 5.74) is 3.41. The van der Waals surface area contributed by atoms with Crippen LogP contribution in [0.25, 0.3) is 0 Å². The molecule has 2 aromatic carbocycles. The van der Waals surface area contributed by atoms with E-state index >= 15 is 0 Å². The number of carbonyl (C=O) groups excluding carboxylic acids is 2. The minimum absolute atomic E-state index is 0.241. The summed E-state index contributed by atoms with van der Waals surface area (Å²) in [7, 11) is 0. The molecule has 0 aliphatic carbocycles. The Balaban J connectivity index is 2.09. The summed E-state index contributed by atoms with van der Waals surface area (Å²) in [5.74, 6) is -0.825. The maximum absolute atomic E-state index is 12.4. The first kappa shape index (κ1) is 16.4. The van der Waals surface area contributed by atoms with Crippen LogP contribution >= 0.6 is 0 Å². The SMILES string of the molecule is Cc1ccc(C(=O)[C@@H](C)OC(=O)c2ccc(C#N)cc2)cc1C. The second kappa shape index (κ2) is 6.89. The molecule has 0 N–H and O–H groups in total. The number of rotatable bonds is 4. The molecule has 0 saturated carbocycles. The molecule has 0 amide bonds. The molecular weight excluding hydrogens is 290 g/mol. The van der Waals surface area contributed by atoms with Gasteiger partial charge in [-0.05, 0) is 62.2 Å². The van der Waals surface area contributed by atoms with E-state index in [9.17, 15) is 9.59 Å². The molecule has 23 heavy (non-hydrogen) atoms. The Hall–Kier alpha value is -2.93. The van der Waals surface area contributed by atoms with Gasteiger partial charge in [-0.2, -0.15) is 5.26 Å². The lowest BCUT2D eigenvalue weighted by Gasteiger charge is -2.13. The lowest BCUT2D eigenvalue weighted by molar-refractivity contribution is 0.0319. The van der Waals surface area contributed by atoms with Crippen molar-refractivity contribution in [2.24, 2.45) is 0 Å². The second-order valence-corrected chi connectivity index (χ2v) is 5.40. The molecule has 0 unspecified atom stereocenters. The molecule has 2 aromatic rings. The van der Waals surface area contributed by atoms with Crippen molar-refractivity contribution in [1.82, 2.24) is 0 Å². The molecule has 0 aliphatic rings. The fraction of sp³-hybridized carbons (Fsp3) is 0.211. The Morgan fingerprint density at radius 1 is 1.00 bits per heavy atom. The Morgan fingerprint density at radius 3 is 2.17 bits per heavy atom. The molecule has 0 aromatic heterocycles. The van der Waals surface area contributed by atoms with Crippen molar-refractivity contribution < 1.29 is 14.3 Å². The average molecular weight is 307 g/mol. The quantitative estimate of drug-likeness (QED) is 0.639. The molecule has 0 heterocycles. The first-order valence-electron chi connectivity index (χ1n) is 7.25. The smallest absolute Gasteiger partial charge is 0.338 e. The highest BCUT2D eigenvalue weighted by molar-refractivity contribution is 6.01. The summed E-state index contributed by atoms with van der Waals surface area (Å²) in [6, 6.07) is 13.5. The van der Waals surface area contributed by atoms with Crippen LogP contribution in [0, 0.1) is 25.2 Å². The average Bonchev–Trinajstić information content (AvgIpc) is 2.56. The first-order chi connectivity index (χ1) is 10.9. The molecular formula is C19H17NO3. The predicted octanol–water partition coefficient (Wildman–Crippen LogP) is 3.60. The molecule has 0 bridgehead atoms. The maximum atomic E-state index is 12.4. The molecule has 0 saturated heterocycles. The lowest BCUT2D eigenvalue weighted by atomic mass is 10.0. The van der Waals surface area contributed by atoms with Crippen LogP contribution in [0.3, 0.4) is 0 Å². The highest BCUT2D eigenvalue weighted by atomic mass is 16.5. The minimum atomic E-state index is -0.875. The standard InChI is InChI=1S/C19H17NO3/c1-12-4-7-17(10-13(12)2)18(21)14(3)23-19(22)16-8-5-15(11-20)6-9-16/h4-10,14H,1-3H3/t14-/m1/s1. The van der Waals surface area contributed by atoms with Crippen molar-refractivity contribution in [3.8, 4) is 6.07 Å². The summed E-state index contributed by atoms with van der Waals surface area (Å²) in [5, 5.41) is 8.74. The fourth-order valence-corrected chi connectivity index (χ4v) is 2.09. The van der Waals surface area contributed by atoms with Gasteiger partial charge in [-0.1, -0.05) is 12.1 Å². The van der Waals surface area contributed by atoms with Crippen LogP contribution in [-0.2, 0) is 4.74 Å². The normalized spacial score (nSPS) is 11.4. The van der Waals surface area contributed by atoms with Gasteiger partial charge in [0.25, 0.3) is 0 Å². The molecule has 0 spiro atoms. The Labute approximate surface area is 135 Å². The highest BCUT2D eigenvalue weighted by Crippen LogP contribution is 2.14. The van der Waals surface area contributed by atoms with E-state index in [0.29, 0.717) is 16.7 Å². The monoisotopic (exact) mass is 307 g/mol. The number of aryl methyl sites for hydroxylation is 2. The third-order valence-electron chi connectivity index (χ3n) is 3.69. The lowest BCUT2D eigenvalue weighted by Crippen LogP contribution is -2.24. The second-order valence-electron chi connectivity index (χ2n) is 5.40. The van der Waals surface area contributed by atoms with Gasteiger partial charge in [0.1, 0.15) is 0 Å². The number of hydrogen-bond acceptors (Lipinski definition) is 4. The van der Waals surface area contributed by atoms with Crippen molar-refractivity contribution in [1.29, 1.82) is 5.26 Å². The molecule has 1 atom stereocenters. The number of nitrogens with zero attached hydrogens (tertiary/aromatic N) is 1. The number of ether oxygens (including phenoxy) is 1. The third kappa shape index (κ3) is 3.83. The topological polar surface area (TPSA) is 67.2 Å². The molecule has 0 aliphatic heterocycles. The number of esters is 1. The zero-order valence-electron chi connectivity index (χ0n) is 13.3. The van der Waals surface area contributed by atoms with E-state index < -0.39 is 12.1 Å². The van der Waals surface area contributed by atoms with Crippen LogP contribution in [0.2, 0.25) is 0 Å². The number of hydrogen-bond donors (Lipinski definition) is 0. The highest BCUT2D eigenvalue weighted by Gasteiger charge is 2.20. The molecule has 4 nitrogen and oxygen atoms in total.